The van der Waals surface area contributed by atoms with Crippen LogP contribution in [0.4, 0.5) is 0 Å². The van der Waals surface area contributed by atoms with E-state index in [0.717, 1.165) is 12.2 Å². The molecule has 28 heavy (non-hydrogen) atoms. The molecule has 1 aromatic carbocycles. The number of benzene rings is 1. The lowest BCUT2D eigenvalue weighted by Crippen LogP contribution is -2.56. The molecule has 0 aromatic heterocycles. The molecule has 0 spiro atoms. The fraction of sp³-hybridized carbons (Fsp3) is 0.727. The Labute approximate surface area is 184 Å². The molecule has 1 unspecified atom stereocenters. The van der Waals surface area contributed by atoms with Crippen molar-refractivity contribution < 1.29 is 8.85 Å². The number of hydrogen-bond acceptors (Lipinski definition) is 4. The molecular weight excluding hydrogens is 417 g/mol. The first-order valence-corrected chi connectivity index (χ1v) is 18.1. The summed E-state index contributed by atoms with van der Waals surface area (Å²) < 4.78 is 14.6. The minimum atomic E-state index is -1.99. The largest absolute Gasteiger partial charge is 0.383 e. The van der Waals surface area contributed by atoms with E-state index in [2.05, 4.69) is 98.1 Å². The summed E-state index contributed by atoms with van der Waals surface area (Å²) in [6.45, 7) is 23.3. The topological polar surface area (TPSA) is 18.5 Å². The molecule has 0 saturated carbocycles. The summed E-state index contributed by atoms with van der Waals surface area (Å²) in [4.78, 5) is 0. The van der Waals surface area contributed by atoms with Crippen LogP contribution in [-0.4, -0.2) is 27.5 Å². The second-order valence-electron chi connectivity index (χ2n) is 10.9. The van der Waals surface area contributed by atoms with Crippen molar-refractivity contribution in [1.29, 1.82) is 0 Å². The van der Waals surface area contributed by atoms with Crippen LogP contribution in [0.25, 0.3) is 0 Å². The normalized spacial score (nSPS) is 21.6. The molecule has 6 heteroatoms. The monoisotopic (exact) mass is 456 g/mol. The molecule has 0 radical (unpaired) electrons. The van der Waals surface area contributed by atoms with Crippen molar-refractivity contribution in [3.05, 3.63) is 35.9 Å². The zero-order chi connectivity index (χ0) is 21.4. The highest BCUT2D eigenvalue weighted by Crippen LogP contribution is 2.57. The van der Waals surface area contributed by atoms with Crippen LogP contribution in [0.3, 0.4) is 0 Å². The summed E-state index contributed by atoms with van der Waals surface area (Å²) in [7, 11) is -3.97. The standard InChI is InChI=1S/C22H40O2S2Si2/c1-20(2,3)27(7,8)23-22(24-28(9,10)21(4,5)6)16-17-25-19(26-22)18-14-12-11-13-15-18/h11-15,19H,16-17H2,1-10H3. The average Bonchev–Trinajstić information content (AvgIpc) is 2.52. The Morgan fingerprint density at radius 2 is 1.32 bits per heavy atom. The summed E-state index contributed by atoms with van der Waals surface area (Å²) in [6.07, 6.45) is 0.949. The van der Waals surface area contributed by atoms with E-state index in [4.69, 9.17) is 8.85 Å². The summed E-state index contributed by atoms with van der Waals surface area (Å²) >= 11 is 3.93. The Bertz CT molecular complexity index is 621. The van der Waals surface area contributed by atoms with Gasteiger partial charge in [-0.05, 0) is 41.8 Å². The first kappa shape index (κ1) is 24.5. The molecular formula is C22H40O2S2Si2. The van der Waals surface area contributed by atoms with Gasteiger partial charge in [0, 0.05) is 12.2 Å². The van der Waals surface area contributed by atoms with Gasteiger partial charge in [0.2, 0.25) is 5.12 Å². The molecule has 0 bridgehead atoms. The first-order chi connectivity index (χ1) is 12.6. The fourth-order valence-corrected chi connectivity index (χ4v) is 9.67. The maximum atomic E-state index is 7.11. The van der Waals surface area contributed by atoms with E-state index in [0.29, 0.717) is 4.58 Å². The molecule has 160 valence electrons. The van der Waals surface area contributed by atoms with Crippen molar-refractivity contribution in [1.82, 2.24) is 0 Å². The Morgan fingerprint density at radius 1 is 0.857 bits per heavy atom. The zero-order valence-electron chi connectivity index (χ0n) is 19.5. The van der Waals surface area contributed by atoms with Crippen molar-refractivity contribution >= 4 is 40.2 Å². The second kappa shape index (κ2) is 8.42. The van der Waals surface area contributed by atoms with Crippen LogP contribution in [0, 0.1) is 0 Å². The Kier molecular flexibility index (Phi) is 7.38. The molecule has 1 aliphatic heterocycles. The van der Waals surface area contributed by atoms with E-state index in [1.54, 1.807) is 0 Å². The highest BCUT2D eigenvalue weighted by Gasteiger charge is 2.53. The van der Waals surface area contributed by atoms with E-state index in [1.165, 1.54) is 5.56 Å². The summed E-state index contributed by atoms with van der Waals surface area (Å²) in [5.74, 6) is 1.07. The second-order valence-corrected chi connectivity index (χ2v) is 23.2. The van der Waals surface area contributed by atoms with Crippen LogP contribution < -0.4 is 0 Å². The van der Waals surface area contributed by atoms with Crippen molar-refractivity contribution in [2.45, 2.75) is 93.9 Å². The number of thioether (sulfide) groups is 2. The maximum absolute atomic E-state index is 7.11. The minimum absolute atomic E-state index is 0.157. The molecule has 1 aliphatic rings. The smallest absolute Gasteiger partial charge is 0.201 e. The first-order valence-electron chi connectivity index (χ1n) is 10.3. The summed E-state index contributed by atoms with van der Waals surface area (Å²) in [5.41, 5.74) is 1.36. The van der Waals surface area contributed by atoms with Gasteiger partial charge in [-0.2, -0.15) is 0 Å². The van der Waals surface area contributed by atoms with E-state index < -0.39 is 21.8 Å². The van der Waals surface area contributed by atoms with Crippen LogP contribution in [0.2, 0.25) is 36.3 Å². The van der Waals surface area contributed by atoms with Gasteiger partial charge in [0.05, 0.1) is 4.58 Å². The summed E-state index contributed by atoms with van der Waals surface area (Å²) in [6, 6.07) is 10.8. The van der Waals surface area contributed by atoms with Crippen LogP contribution in [0.1, 0.15) is 58.1 Å². The molecule has 0 aliphatic carbocycles. The van der Waals surface area contributed by atoms with Crippen molar-refractivity contribution in [3.8, 4) is 0 Å². The lowest BCUT2D eigenvalue weighted by Gasteiger charge is -2.52. The van der Waals surface area contributed by atoms with Crippen LogP contribution in [0.5, 0.6) is 0 Å². The molecule has 1 fully saturated rings. The van der Waals surface area contributed by atoms with Crippen molar-refractivity contribution in [3.63, 3.8) is 0 Å². The predicted molar refractivity (Wildman–Crippen MR) is 133 cm³/mol. The third-order valence-corrected chi connectivity index (χ3v) is 18.6. The van der Waals surface area contributed by atoms with Crippen LogP contribution in [0.15, 0.2) is 30.3 Å². The molecule has 1 heterocycles. The third kappa shape index (κ3) is 5.70. The van der Waals surface area contributed by atoms with Gasteiger partial charge in [-0.15, -0.1) is 11.8 Å². The minimum Gasteiger partial charge on any atom is -0.383 e. The van der Waals surface area contributed by atoms with E-state index in [9.17, 15) is 0 Å². The Hall–Kier alpha value is 0.274. The van der Waals surface area contributed by atoms with Gasteiger partial charge in [0.15, 0.2) is 16.6 Å². The van der Waals surface area contributed by atoms with E-state index in [-0.39, 0.29) is 10.1 Å². The predicted octanol–water partition coefficient (Wildman–Crippen LogP) is 8.25. The van der Waals surface area contributed by atoms with Gasteiger partial charge in [0.1, 0.15) is 0 Å². The van der Waals surface area contributed by atoms with Gasteiger partial charge < -0.3 is 8.85 Å². The van der Waals surface area contributed by atoms with E-state index >= 15 is 0 Å². The van der Waals surface area contributed by atoms with Crippen molar-refractivity contribution in [2.24, 2.45) is 0 Å². The van der Waals surface area contributed by atoms with Crippen LogP contribution >= 0.6 is 23.5 Å². The molecule has 1 aromatic rings. The molecule has 0 N–H and O–H groups in total. The third-order valence-electron chi connectivity index (χ3n) is 6.47. The van der Waals surface area contributed by atoms with E-state index in [1.807, 2.05) is 23.5 Å². The molecule has 1 saturated heterocycles. The van der Waals surface area contributed by atoms with Gasteiger partial charge >= 0.3 is 0 Å². The van der Waals surface area contributed by atoms with Gasteiger partial charge in [0.25, 0.3) is 0 Å². The van der Waals surface area contributed by atoms with Crippen LogP contribution in [-0.2, 0) is 8.85 Å². The Balaban J connectivity index is 2.41. The quantitative estimate of drug-likeness (QED) is 0.328. The number of rotatable bonds is 5. The zero-order valence-corrected chi connectivity index (χ0v) is 23.1. The Morgan fingerprint density at radius 3 is 1.75 bits per heavy atom. The fourth-order valence-electron chi connectivity index (χ4n) is 2.58. The average molecular weight is 457 g/mol. The van der Waals surface area contributed by atoms with Crippen molar-refractivity contribution in [2.75, 3.05) is 5.75 Å². The summed E-state index contributed by atoms with van der Waals surface area (Å²) in [5, 5.41) is -0.230. The molecule has 2 nitrogen and oxygen atoms in total. The number of hydrogen-bond donors (Lipinski definition) is 0. The maximum Gasteiger partial charge on any atom is 0.201 e. The van der Waals surface area contributed by atoms with Gasteiger partial charge in [-0.3, -0.25) is 0 Å². The lowest BCUT2D eigenvalue weighted by molar-refractivity contribution is -0.0535. The highest BCUT2D eigenvalue weighted by atomic mass is 32.2. The van der Waals surface area contributed by atoms with Gasteiger partial charge in [-0.1, -0.05) is 83.6 Å². The molecule has 0 amide bonds. The lowest BCUT2D eigenvalue weighted by atomic mass is 10.2. The van der Waals surface area contributed by atoms with Gasteiger partial charge in [-0.25, -0.2) is 0 Å². The molecule has 1 atom stereocenters. The molecule has 2 rings (SSSR count). The highest BCUT2D eigenvalue weighted by molar-refractivity contribution is 8.17. The SMILES string of the molecule is CC(C)(C)[Si](C)(C)OC1(O[Si](C)(C)C(C)(C)C)CCSC(c2ccccc2)S1.